The molecule has 1 saturated carbocycles. The molecule has 1 fully saturated rings. The predicted octanol–water partition coefficient (Wildman–Crippen LogP) is 3.21. The third-order valence-electron chi connectivity index (χ3n) is 2.99. The van der Waals surface area contributed by atoms with Crippen LogP contribution in [0, 0.1) is 6.92 Å². The van der Waals surface area contributed by atoms with Gasteiger partial charge < -0.3 is 4.74 Å². The summed E-state index contributed by atoms with van der Waals surface area (Å²) < 4.78 is 4.79. The summed E-state index contributed by atoms with van der Waals surface area (Å²) in [5, 5.41) is 1.43. The van der Waals surface area contributed by atoms with Gasteiger partial charge in [0, 0.05) is 10.9 Å². The lowest BCUT2D eigenvalue weighted by Gasteiger charge is -2.11. The topological polar surface area (TPSA) is 39.2 Å². The summed E-state index contributed by atoms with van der Waals surface area (Å²) in [4.78, 5) is 16.1. The van der Waals surface area contributed by atoms with Crippen molar-refractivity contribution in [3.63, 3.8) is 0 Å². The van der Waals surface area contributed by atoms with Crippen molar-refractivity contribution in [3.8, 4) is 0 Å². The van der Waals surface area contributed by atoms with Gasteiger partial charge in [0.05, 0.1) is 12.7 Å². The Bertz CT molecular complexity index is 414. The lowest BCUT2D eigenvalue weighted by molar-refractivity contribution is 0.0596. The zero-order valence-corrected chi connectivity index (χ0v) is 11.0. The highest BCUT2D eigenvalue weighted by Crippen LogP contribution is 2.35. The maximum absolute atomic E-state index is 11.6. The molecule has 3 nitrogen and oxygen atoms in total. The van der Waals surface area contributed by atoms with E-state index in [9.17, 15) is 4.79 Å². The predicted molar refractivity (Wildman–Crippen MR) is 68.4 cm³/mol. The number of carbonyl (C=O) groups is 1. The van der Waals surface area contributed by atoms with Crippen LogP contribution in [0.5, 0.6) is 0 Å². The largest absolute Gasteiger partial charge is 0.465 e. The summed E-state index contributed by atoms with van der Waals surface area (Å²) in [7, 11) is 1.41. The SMILES string of the molecule is COC(=O)c1ccc(C)nc1SC1CCCC1. The zero-order valence-electron chi connectivity index (χ0n) is 10.2. The van der Waals surface area contributed by atoms with E-state index in [4.69, 9.17) is 4.74 Å². The molecule has 0 spiro atoms. The van der Waals surface area contributed by atoms with E-state index >= 15 is 0 Å². The molecular weight excluding hydrogens is 234 g/mol. The first-order chi connectivity index (χ1) is 8.20. The van der Waals surface area contributed by atoms with Crippen LogP contribution in [0.3, 0.4) is 0 Å². The minimum Gasteiger partial charge on any atom is -0.465 e. The van der Waals surface area contributed by atoms with Crippen LogP contribution in [0.25, 0.3) is 0 Å². The lowest BCUT2D eigenvalue weighted by atomic mass is 10.2. The molecule has 1 aromatic heterocycles. The number of hydrogen-bond donors (Lipinski definition) is 0. The fraction of sp³-hybridized carbons (Fsp3) is 0.538. The maximum Gasteiger partial charge on any atom is 0.340 e. The average molecular weight is 251 g/mol. The van der Waals surface area contributed by atoms with Crippen molar-refractivity contribution in [1.29, 1.82) is 0 Å². The van der Waals surface area contributed by atoms with Crippen molar-refractivity contribution >= 4 is 17.7 Å². The smallest absolute Gasteiger partial charge is 0.340 e. The number of thioether (sulfide) groups is 1. The number of esters is 1. The molecule has 0 aliphatic heterocycles. The molecule has 0 saturated heterocycles. The van der Waals surface area contributed by atoms with Gasteiger partial charge in [0.15, 0.2) is 0 Å². The normalized spacial score (nSPS) is 16.1. The monoisotopic (exact) mass is 251 g/mol. The Morgan fingerprint density at radius 2 is 2.12 bits per heavy atom. The fourth-order valence-electron chi connectivity index (χ4n) is 2.05. The Kier molecular flexibility index (Phi) is 4.05. The molecule has 0 bridgehead atoms. The van der Waals surface area contributed by atoms with Crippen molar-refractivity contribution in [2.75, 3.05) is 7.11 Å². The highest BCUT2D eigenvalue weighted by molar-refractivity contribution is 7.99. The van der Waals surface area contributed by atoms with Crippen molar-refractivity contribution in [2.24, 2.45) is 0 Å². The molecule has 1 aliphatic carbocycles. The zero-order chi connectivity index (χ0) is 12.3. The number of aryl methyl sites for hydroxylation is 1. The Balaban J connectivity index is 2.22. The van der Waals surface area contributed by atoms with Gasteiger partial charge >= 0.3 is 5.97 Å². The minimum atomic E-state index is -0.294. The molecule has 1 heterocycles. The van der Waals surface area contributed by atoms with Gasteiger partial charge in [-0.05, 0) is 31.9 Å². The molecule has 0 atom stereocenters. The Morgan fingerprint density at radius 1 is 1.41 bits per heavy atom. The van der Waals surface area contributed by atoms with Gasteiger partial charge in [-0.2, -0.15) is 0 Å². The fourth-order valence-corrected chi connectivity index (χ4v) is 3.41. The standard InChI is InChI=1S/C13H17NO2S/c1-9-7-8-11(13(15)16-2)12(14-9)17-10-5-3-4-6-10/h7-8,10H,3-6H2,1-2H3. The first-order valence-electron chi connectivity index (χ1n) is 5.93. The second-order valence-electron chi connectivity index (χ2n) is 4.32. The van der Waals surface area contributed by atoms with Crippen LogP contribution in [0.15, 0.2) is 17.2 Å². The minimum absolute atomic E-state index is 0.294. The summed E-state index contributed by atoms with van der Waals surface area (Å²) in [6, 6.07) is 3.66. The highest BCUT2D eigenvalue weighted by atomic mass is 32.2. The maximum atomic E-state index is 11.6. The van der Waals surface area contributed by atoms with E-state index in [0.717, 1.165) is 10.7 Å². The molecule has 92 valence electrons. The van der Waals surface area contributed by atoms with Gasteiger partial charge in [0.25, 0.3) is 0 Å². The molecular formula is C13H17NO2S. The average Bonchev–Trinajstić information content (AvgIpc) is 2.81. The summed E-state index contributed by atoms with van der Waals surface area (Å²) in [6.45, 7) is 1.94. The third-order valence-corrected chi connectivity index (χ3v) is 4.32. The van der Waals surface area contributed by atoms with Crippen LogP contribution in [0.2, 0.25) is 0 Å². The summed E-state index contributed by atoms with van der Waals surface area (Å²) >= 11 is 1.72. The number of rotatable bonds is 3. The summed E-state index contributed by atoms with van der Waals surface area (Å²) in [5.41, 5.74) is 1.54. The highest BCUT2D eigenvalue weighted by Gasteiger charge is 2.21. The van der Waals surface area contributed by atoms with Crippen LogP contribution < -0.4 is 0 Å². The van der Waals surface area contributed by atoms with Crippen LogP contribution in [-0.4, -0.2) is 23.3 Å². The van der Waals surface area contributed by atoms with Crippen LogP contribution in [-0.2, 0) is 4.74 Å². The number of pyridine rings is 1. The molecule has 0 radical (unpaired) electrons. The van der Waals surface area contributed by atoms with E-state index in [1.807, 2.05) is 19.1 Å². The lowest BCUT2D eigenvalue weighted by Crippen LogP contribution is -2.07. The van der Waals surface area contributed by atoms with Crippen LogP contribution in [0.1, 0.15) is 41.7 Å². The van der Waals surface area contributed by atoms with Crippen molar-refractivity contribution in [2.45, 2.75) is 42.9 Å². The molecule has 0 aromatic carbocycles. The van der Waals surface area contributed by atoms with E-state index in [1.54, 1.807) is 11.8 Å². The molecule has 4 heteroatoms. The van der Waals surface area contributed by atoms with Crippen LogP contribution in [0.4, 0.5) is 0 Å². The van der Waals surface area contributed by atoms with Gasteiger partial charge in [-0.15, -0.1) is 11.8 Å². The van der Waals surface area contributed by atoms with Gasteiger partial charge in [0.1, 0.15) is 5.03 Å². The number of carbonyl (C=O) groups excluding carboxylic acids is 1. The Labute approximate surface area is 106 Å². The summed E-state index contributed by atoms with van der Waals surface area (Å²) in [5.74, 6) is -0.294. The second-order valence-corrected chi connectivity index (χ2v) is 5.61. The molecule has 0 unspecified atom stereocenters. The van der Waals surface area contributed by atoms with Crippen molar-refractivity contribution in [1.82, 2.24) is 4.98 Å². The quantitative estimate of drug-likeness (QED) is 0.773. The van der Waals surface area contributed by atoms with E-state index in [1.165, 1.54) is 32.8 Å². The molecule has 0 amide bonds. The van der Waals surface area contributed by atoms with Crippen LogP contribution >= 0.6 is 11.8 Å². The second kappa shape index (κ2) is 5.54. The van der Waals surface area contributed by atoms with Crippen molar-refractivity contribution < 1.29 is 9.53 Å². The van der Waals surface area contributed by atoms with Gasteiger partial charge in [-0.1, -0.05) is 12.8 Å². The van der Waals surface area contributed by atoms with E-state index in [2.05, 4.69) is 4.98 Å². The molecule has 1 aromatic rings. The number of ether oxygens (including phenoxy) is 1. The first kappa shape index (κ1) is 12.4. The number of nitrogens with zero attached hydrogens (tertiary/aromatic N) is 1. The Morgan fingerprint density at radius 3 is 2.76 bits per heavy atom. The van der Waals surface area contributed by atoms with Crippen molar-refractivity contribution in [3.05, 3.63) is 23.4 Å². The molecule has 1 aliphatic rings. The van der Waals surface area contributed by atoms with Gasteiger partial charge in [-0.3, -0.25) is 0 Å². The third kappa shape index (κ3) is 3.00. The first-order valence-corrected chi connectivity index (χ1v) is 6.81. The van der Waals surface area contributed by atoms with E-state index in [0.29, 0.717) is 10.8 Å². The number of methoxy groups -OCH3 is 1. The summed E-state index contributed by atoms with van der Waals surface area (Å²) in [6.07, 6.45) is 5.02. The van der Waals surface area contributed by atoms with Gasteiger partial charge in [0.2, 0.25) is 0 Å². The van der Waals surface area contributed by atoms with Gasteiger partial charge in [-0.25, -0.2) is 9.78 Å². The number of hydrogen-bond acceptors (Lipinski definition) is 4. The number of aromatic nitrogens is 1. The Hall–Kier alpha value is -1.03. The molecule has 17 heavy (non-hydrogen) atoms. The molecule has 0 N–H and O–H groups in total. The molecule has 2 rings (SSSR count). The van der Waals surface area contributed by atoms with E-state index < -0.39 is 0 Å². The van der Waals surface area contributed by atoms with E-state index in [-0.39, 0.29) is 5.97 Å².